The molecule has 0 saturated carbocycles. The van der Waals surface area contributed by atoms with Gasteiger partial charge in [0.05, 0.1) is 6.04 Å². The summed E-state index contributed by atoms with van der Waals surface area (Å²) < 4.78 is 2.26. The Bertz CT molecular complexity index is 254. The van der Waals surface area contributed by atoms with Gasteiger partial charge in [-0.2, -0.15) is 0 Å². The lowest BCUT2D eigenvalue weighted by molar-refractivity contribution is 0.518. The van der Waals surface area contributed by atoms with Crippen molar-refractivity contribution >= 4 is 0 Å². The first-order chi connectivity index (χ1) is 5.92. The molecule has 3 heteroatoms. The highest BCUT2D eigenvalue weighted by atomic mass is 15.1. The zero-order chi connectivity index (χ0) is 8.39. The van der Waals surface area contributed by atoms with E-state index in [0.29, 0.717) is 6.04 Å². The molecule has 3 nitrogen and oxygen atoms in total. The molecule has 1 aliphatic rings. The summed E-state index contributed by atoms with van der Waals surface area (Å²) in [5.74, 6) is 1.20. The fourth-order valence-corrected chi connectivity index (χ4v) is 1.85. The predicted molar refractivity (Wildman–Crippen MR) is 47.9 cm³/mol. The smallest absolute Gasteiger partial charge is 0.125 e. The SMILES string of the molecule is CNC1CCCCn2ccnc21. The van der Waals surface area contributed by atoms with E-state index in [9.17, 15) is 0 Å². The maximum absolute atomic E-state index is 4.37. The van der Waals surface area contributed by atoms with E-state index in [1.165, 1.54) is 25.1 Å². The Morgan fingerprint density at radius 2 is 2.50 bits per heavy atom. The molecule has 1 aromatic rings. The number of hydrogen-bond donors (Lipinski definition) is 1. The first-order valence-corrected chi connectivity index (χ1v) is 4.60. The van der Waals surface area contributed by atoms with Crippen LogP contribution in [0.15, 0.2) is 12.4 Å². The molecule has 12 heavy (non-hydrogen) atoms. The monoisotopic (exact) mass is 165 g/mol. The molecule has 0 amide bonds. The Balaban J connectivity index is 2.29. The van der Waals surface area contributed by atoms with Gasteiger partial charge in [-0.1, -0.05) is 0 Å². The van der Waals surface area contributed by atoms with Crippen molar-refractivity contribution in [3.8, 4) is 0 Å². The lowest BCUT2D eigenvalue weighted by Gasteiger charge is -2.12. The summed E-state index contributed by atoms with van der Waals surface area (Å²) >= 11 is 0. The second-order valence-electron chi connectivity index (χ2n) is 3.32. The highest BCUT2D eigenvalue weighted by Gasteiger charge is 2.17. The van der Waals surface area contributed by atoms with Gasteiger partial charge in [0, 0.05) is 18.9 Å². The van der Waals surface area contributed by atoms with Crippen molar-refractivity contribution in [1.29, 1.82) is 0 Å². The van der Waals surface area contributed by atoms with Gasteiger partial charge in [0.2, 0.25) is 0 Å². The number of nitrogens with zero attached hydrogens (tertiary/aromatic N) is 2. The van der Waals surface area contributed by atoms with Crippen LogP contribution >= 0.6 is 0 Å². The maximum Gasteiger partial charge on any atom is 0.125 e. The fraction of sp³-hybridized carbons (Fsp3) is 0.667. The molecule has 1 unspecified atom stereocenters. The highest BCUT2D eigenvalue weighted by Crippen LogP contribution is 2.21. The number of rotatable bonds is 1. The molecule has 0 saturated heterocycles. The number of fused-ring (bicyclic) bond motifs is 1. The van der Waals surface area contributed by atoms with E-state index in [2.05, 4.69) is 21.1 Å². The number of aryl methyl sites for hydroxylation is 1. The molecule has 2 rings (SSSR count). The molecule has 2 heterocycles. The summed E-state index contributed by atoms with van der Waals surface area (Å²) in [5, 5.41) is 3.30. The van der Waals surface area contributed by atoms with Crippen LogP contribution < -0.4 is 5.32 Å². The molecule has 0 spiro atoms. The Hall–Kier alpha value is -0.830. The van der Waals surface area contributed by atoms with Gasteiger partial charge in [-0.3, -0.25) is 0 Å². The Kier molecular flexibility index (Phi) is 2.13. The predicted octanol–water partition coefficient (Wildman–Crippen LogP) is 1.33. The number of hydrogen-bond acceptors (Lipinski definition) is 2. The van der Waals surface area contributed by atoms with Crippen molar-refractivity contribution in [2.45, 2.75) is 31.8 Å². The number of nitrogens with one attached hydrogen (secondary N) is 1. The zero-order valence-corrected chi connectivity index (χ0v) is 7.45. The number of imidazole rings is 1. The van der Waals surface area contributed by atoms with Crippen LogP contribution in [-0.4, -0.2) is 16.6 Å². The molecule has 0 fully saturated rings. The van der Waals surface area contributed by atoms with E-state index in [-0.39, 0.29) is 0 Å². The molecule has 1 aliphatic heterocycles. The van der Waals surface area contributed by atoms with Crippen LogP contribution in [-0.2, 0) is 6.54 Å². The van der Waals surface area contributed by atoms with Gasteiger partial charge >= 0.3 is 0 Å². The lowest BCUT2D eigenvalue weighted by Crippen LogP contribution is -2.18. The summed E-state index contributed by atoms with van der Waals surface area (Å²) in [6, 6.07) is 0.461. The van der Waals surface area contributed by atoms with Crippen LogP contribution in [0.5, 0.6) is 0 Å². The maximum atomic E-state index is 4.37. The molecule has 66 valence electrons. The van der Waals surface area contributed by atoms with E-state index in [4.69, 9.17) is 0 Å². The van der Waals surface area contributed by atoms with Crippen LogP contribution in [0.3, 0.4) is 0 Å². The van der Waals surface area contributed by atoms with Gasteiger partial charge in [0.15, 0.2) is 0 Å². The van der Waals surface area contributed by atoms with Gasteiger partial charge in [-0.25, -0.2) is 4.98 Å². The van der Waals surface area contributed by atoms with E-state index in [1.54, 1.807) is 0 Å². The highest BCUT2D eigenvalue weighted by molar-refractivity contribution is 5.00. The van der Waals surface area contributed by atoms with Crippen molar-refractivity contribution in [2.24, 2.45) is 0 Å². The second kappa shape index (κ2) is 3.27. The van der Waals surface area contributed by atoms with Crippen LogP contribution in [0.25, 0.3) is 0 Å². The third-order valence-corrected chi connectivity index (χ3v) is 2.55. The van der Waals surface area contributed by atoms with Crippen molar-refractivity contribution in [2.75, 3.05) is 7.05 Å². The van der Waals surface area contributed by atoms with Gasteiger partial charge in [-0.05, 0) is 26.3 Å². The third kappa shape index (κ3) is 1.25. The molecule has 0 aromatic carbocycles. The Morgan fingerprint density at radius 3 is 3.33 bits per heavy atom. The van der Waals surface area contributed by atoms with Gasteiger partial charge in [0.1, 0.15) is 5.82 Å². The normalized spacial score (nSPS) is 23.2. The summed E-state index contributed by atoms with van der Waals surface area (Å²) in [6.07, 6.45) is 7.76. The summed E-state index contributed by atoms with van der Waals surface area (Å²) in [5.41, 5.74) is 0. The average molecular weight is 165 g/mol. The molecule has 0 aliphatic carbocycles. The molecule has 0 radical (unpaired) electrons. The van der Waals surface area contributed by atoms with Crippen LogP contribution in [0.4, 0.5) is 0 Å². The Morgan fingerprint density at radius 1 is 1.58 bits per heavy atom. The minimum Gasteiger partial charge on any atom is -0.334 e. The minimum atomic E-state index is 0.461. The van der Waals surface area contributed by atoms with E-state index in [1.807, 2.05) is 13.2 Å². The molecule has 1 N–H and O–H groups in total. The largest absolute Gasteiger partial charge is 0.334 e. The summed E-state index contributed by atoms with van der Waals surface area (Å²) in [7, 11) is 2.01. The van der Waals surface area contributed by atoms with E-state index >= 15 is 0 Å². The molecule has 1 atom stereocenters. The van der Waals surface area contributed by atoms with Crippen LogP contribution in [0, 0.1) is 0 Å². The molecule has 0 bridgehead atoms. The van der Waals surface area contributed by atoms with Gasteiger partial charge in [-0.15, -0.1) is 0 Å². The van der Waals surface area contributed by atoms with Crippen molar-refractivity contribution in [1.82, 2.24) is 14.9 Å². The van der Waals surface area contributed by atoms with Crippen LogP contribution in [0.1, 0.15) is 31.1 Å². The minimum absolute atomic E-state index is 0.461. The molecule has 1 aromatic heterocycles. The van der Waals surface area contributed by atoms with E-state index < -0.39 is 0 Å². The summed E-state index contributed by atoms with van der Waals surface area (Å²) in [6.45, 7) is 1.13. The van der Waals surface area contributed by atoms with Crippen LogP contribution in [0.2, 0.25) is 0 Å². The van der Waals surface area contributed by atoms with E-state index in [0.717, 1.165) is 6.54 Å². The van der Waals surface area contributed by atoms with Crippen molar-refractivity contribution < 1.29 is 0 Å². The average Bonchev–Trinajstić information content (AvgIpc) is 2.46. The number of aromatic nitrogens is 2. The first kappa shape index (κ1) is 7.80. The lowest BCUT2D eigenvalue weighted by atomic mass is 10.1. The summed E-state index contributed by atoms with van der Waals surface area (Å²) in [4.78, 5) is 4.37. The van der Waals surface area contributed by atoms with Gasteiger partial charge in [0.25, 0.3) is 0 Å². The topological polar surface area (TPSA) is 29.9 Å². The van der Waals surface area contributed by atoms with Gasteiger partial charge < -0.3 is 9.88 Å². The van der Waals surface area contributed by atoms with Crippen molar-refractivity contribution in [3.63, 3.8) is 0 Å². The van der Waals surface area contributed by atoms with Crippen molar-refractivity contribution in [3.05, 3.63) is 18.2 Å². The molecular weight excluding hydrogens is 150 g/mol. The fourth-order valence-electron chi connectivity index (χ4n) is 1.85. The Labute approximate surface area is 72.8 Å². The quantitative estimate of drug-likeness (QED) is 0.680. The second-order valence-corrected chi connectivity index (χ2v) is 3.32. The third-order valence-electron chi connectivity index (χ3n) is 2.55. The molecular formula is C9H15N3. The standard InChI is InChI=1S/C9H15N3/c1-10-8-4-2-3-6-12-7-5-11-9(8)12/h5,7-8,10H,2-4,6H2,1H3. The first-order valence-electron chi connectivity index (χ1n) is 4.60. The zero-order valence-electron chi connectivity index (χ0n) is 7.45.